The number of fused-ring (bicyclic) bond motifs is 1. The molecule has 0 unspecified atom stereocenters. The molecule has 1 aliphatic rings. The molecule has 3 rings (SSSR count). The first-order valence-electron chi connectivity index (χ1n) is 7.17. The van der Waals surface area contributed by atoms with Gasteiger partial charge in [-0.15, -0.1) is 0 Å². The predicted molar refractivity (Wildman–Crippen MR) is 84.8 cm³/mol. The molecule has 0 radical (unpaired) electrons. The number of nitrogens with zero attached hydrogens (tertiary/aromatic N) is 2. The Morgan fingerprint density at radius 1 is 1.05 bits per heavy atom. The Kier molecular flexibility index (Phi) is 3.77. The third kappa shape index (κ3) is 2.84. The number of oxime groups is 1. The van der Waals surface area contributed by atoms with E-state index in [0.717, 1.165) is 31.5 Å². The summed E-state index contributed by atoms with van der Waals surface area (Å²) < 4.78 is 0. The van der Waals surface area contributed by atoms with E-state index in [1.807, 2.05) is 24.3 Å². The smallest absolute Gasteiger partial charge is 0.170 e. The summed E-state index contributed by atoms with van der Waals surface area (Å²) in [6.45, 7) is 1.97. The number of hydrogen-bond acceptors (Lipinski definition) is 3. The molecule has 0 aliphatic carbocycles. The molecular formula is C17H19N3O. The van der Waals surface area contributed by atoms with Crippen molar-refractivity contribution in [2.75, 3.05) is 11.4 Å². The maximum atomic E-state index is 8.71. The van der Waals surface area contributed by atoms with Gasteiger partial charge in [-0.25, -0.2) is 0 Å². The van der Waals surface area contributed by atoms with E-state index in [4.69, 9.17) is 10.9 Å². The van der Waals surface area contributed by atoms with E-state index in [1.54, 1.807) is 0 Å². The lowest BCUT2D eigenvalue weighted by Gasteiger charge is -2.23. The SMILES string of the molecule is NC(=NO)c1ccc(N2CCCc3ccccc3C2)cc1. The molecule has 0 atom stereocenters. The summed E-state index contributed by atoms with van der Waals surface area (Å²) in [5, 5.41) is 11.7. The third-order valence-corrected chi connectivity index (χ3v) is 3.99. The van der Waals surface area contributed by atoms with Crippen LogP contribution < -0.4 is 10.6 Å². The van der Waals surface area contributed by atoms with Crippen LogP contribution in [0, 0.1) is 0 Å². The largest absolute Gasteiger partial charge is 0.409 e. The second-order valence-corrected chi connectivity index (χ2v) is 5.33. The zero-order valence-corrected chi connectivity index (χ0v) is 11.9. The lowest BCUT2D eigenvalue weighted by Crippen LogP contribution is -2.22. The summed E-state index contributed by atoms with van der Waals surface area (Å²) in [6.07, 6.45) is 2.29. The highest BCUT2D eigenvalue weighted by Crippen LogP contribution is 2.24. The van der Waals surface area contributed by atoms with Gasteiger partial charge in [0.15, 0.2) is 5.84 Å². The van der Waals surface area contributed by atoms with Crippen LogP contribution in [-0.4, -0.2) is 17.6 Å². The Morgan fingerprint density at radius 2 is 1.76 bits per heavy atom. The molecule has 4 heteroatoms. The molecule has 0 bridgehead atoms. The van der Waals surface area contributed by atoms with Crippen molar-refractivity contribution in [2.45, 2.75) is 19.4 Å². The van der Waals surface area contributed by atoms with E-state index in [-0.39, 0.29) is 5.84 Å². The van der Waals surface area contributed by atoms with Crippen LogP contribution in [0.3, 0.4) is 0 Å². The highest BCUT2D eigenvalue weighted by molar-refractivity contribution is 5.97. The Labute approximate surface area is 124 Å². The molecule has 3 N–H and O–H groups in total. The molecule has 0 fully saturated rings. The van der Waals surface area contributed by atoms with Gasteiger partial charge in [-0.05, 0) is 48.2 Å². The van der Waals surface area contributed by atoms with Crippen molar-refractivity contribution in [3.8, 4) is 0 Å². The van der Waals surface area contributed by atoms with Gasteiger partial charge in [0.25, 0.3) is 0 Å². The molecule has 0 aromatic heterocycles. The van der Waals surface area contributed by atoms with Gasteiger partial charge in [0.1, 0.15) is 0 Å². The van der Waals surface area contributed by atoms with E-state index < -0.39 is 0 Å². The molecule has 2 aromatic carbocycles. The van der Waals surface area contributed by atoms with Crippen molar-refractivity contribution in [3.63, 3.8) is 0 Å². The molecule has 0 saturated heterocycles. The van der Waals surface area contributed by atoms with E-state index in [1.165, 1.54) is 16.8 Å². The van der Waals surface area contributed by atoms with E-state index in [2.05, 4.69) is 34.3 Å². The minimum Gasteiger partial charge on any atom is -0.409 e. The Bertz CT molecular complexity index is 649. The lowest BCUT2D eigenvalue weighted by molar-refractivity contribution is 0.318. The van der Waals surface area contributed by atoms with Crippen molar-refractivity contribution in [3.05, 3.63) is 65.2 Å². The first-order chi connectivity index (χ1) is 10.3. The van der Waals surface area contributed by atoms with Gasteiger partial charge in [0.2, 0.25) is 0 Å². The van der Waals surface area contributed by atoms with Crippen LogP contribution in [-0.2, 0) is 13.0 Å². The molecule has 0 spiro atoms. The number of anilines is 1. The van der Waals surface area contributed by atoms with Crippen LogP contribution in [0.4, 0.5) is 5.69 Å². The minimum atomic E-state index is 0.141. The lowest BCUT2D eigenvalue weighted by atomic mass is 10.0. The molecule has 2 aromatic rings. The van der Waals surface area contributed by atoms with Crippen molar-refractivity contribution in [1.29, 1.82) is 0 Å². The zero-order chi connectivity index (χ0) is 14.7. The molecule has 0 amide bonds. The molecular weight excluding hydrogens is 262 g/mol. The maximum absolute atomic E-state index is 8.71. The van der Waals surface area contributed by atoms with Crippen LogP contribution in [0.2, 0.25) is 0 Å². The van der Waals surface area contributed by atoms with Crippen LogP contribution in [0.1, 0.15) is 23.1 Å². The average Bonchev–Trinajstić information content (AvgIpc) is 2.76. The van der Waals surface area contributed by atoms with E-state index in [0.29, 0.717) is 0 Å². The molecule has 0 saturated carbocycles. The fourth-order valence-corrected chi connectivity index (χ4v) is 2.82. The normalized spacial score (nSPS) is 15.4. The second kappa shape index (κ2) is 5.87. The Hall–Kier alpha value is -2.49. The number of aryl methyl sites for hydroxylation is 1. The van der Waals surface area contributed by atoms with Gasteiger partial charge in [-0.3, -0.25) is 0 Å². The molecule has 21 heavy (non-hydrogen) atoms. The number of benzene rings is 2. The second-order valence-electron chi connectivity index (χ2n) is 5.33. The third-order valence-electron chi connectivity index (χ3n) is 3.99. The van der Waals surface area contributed by atoms with Crippen molar-refractivity contribution in [2.24, 2.45) is 10.9 Å². The molecule has 4 nitrogen and oxygen atoms in total. The molecule has 1 heterocycles. The number of amidine groups is 1. The standard InChI is InChI=1S/C17H19N3O/c18-17(19-21)14-7-9-16(10-8-14)20-11-3-6-13-4-1-2-5-15(13)12-20/h1-2,4-5,7-10,21H,3,6,11-12H2,(H2,18,19). The molecule has 1 aliphatic heterocycles. The fraction of sp³-hybridized carbons (Fsp3) is 0.235. The van der Waals surface area contributed by atoms with Crippen molar-refractivity contribution >= 4 is 11.5 Å². The number of hydrogen-bond donors (Lipinski definition) is 2. The van der Waals surface area contributed by atoms with Gasteiger partial charge < -0.3 is 15.8 Å². The Balaban J connectivity index is 1.84. The van der Waals surface area contributed by atoms with Gasteiger partial charge in [0, 0.05) is 24.3 Å². The quantitative estimate of drug-likeness (QED) is 0.385. The van der Waals surface area contributed by atoms with Gasteiger partial charge in [-0.1, -0.05) is 29.4 Å². The first kappa shape index (κ1) is 13.5. The number of nitrogens with two attached hydrogens (primary N) is 1. The maximum Gasteiger partial charge on any atom is 0.170 e. The van der Waals surface area contributed by atoms with Crippen LogP contribution in [0.25, 0.3) is 0 Å². The summed E-state index contributed by atoms with van der Waals surface area (Å²) in [6, 6.07) is 16.5. The number of rotatable bonds is 2. The van der Waals surface area contributed by atoms with E-state index >= 15 is 0 Å². The van der Waals surface area contributed by atoms with Gasteiger partial charge in [-0.2, -0.15) is 0 Å². The van der Waals surface area contributed by atoms with Crippen LogP contribution in [0.15, 0.2) is 53.7 Å². The molecule has 108 valence electrons. The highest BCUT2D eigenvalue weighted by Gasteiger charge is 2.14. The zero-order valence-electron chi connectivity index (χ0n) is 11.9. The van der Waals surface area contributed by atoms with Crippen molar-refractivity contribution in [1.82, 2.24) is 0 Å². The summed E-state index contributed by atoms with van der Waals surface area (Å²) in [7, 11) is 0. The minimum absolute atomic E-state index is 0.141. The summed E-state index contributed by atoms with van der Waals surface area (Å²) in [4.78, 5) is 2.38. The first-order valence-corrected chi connectivity index (χ1v) is 7.17. The highest BCUT2D eigenvalue weighted by atomic mass is 16.4. The van der Waals surface area contributed by atoms with Gasteiger partial charge >= 0.3 is 0 Å². The van der Waals surface area contributed by atoms with Crippen molar-refractivity contribution < 1.29 is 5.21 Å². The monoisotopic (exact) mass is 281 g/mol. The van der Waals surface area contributed by atoms with Crippen LogP contribution >= 0.6 is 0 Å². The predicted octanol–water partition coefficient (Wildman–Crippen LogP) is 2.73. The Morgan fingerprint density at radius 3 is 2.48 bits per heavy atom. The van der Waals surface area contributed by atoms with Gasteiger partial charge in [0.05, 0.1) is 0 Å². The fourth-order valence-electron chi connectivity index (χ4n) is 2.82. The topological polar surface area (TPSA) is 61.9 Å². The summed E-state index contributed by atoms with van der Waals surface area (Å²) in [5.74, 6) is 0.141. The van der Waals surface area contributed by atoms with Crippen LogP contribution in [0.5, 0.6) is 0 Å². The summed E-state index contributed by atoms with van der Waals surface area (Å²) >= 11 is 0. The average molecular weight is 281 g/mol. The summed E-state index contributed by atoms with van der Waals surface area (Å²) in [5.41, 5.74) is 10.3. The van der Waals surface area contributed by atoms with E-state index in [9.17, 15) is 0 Å².